The second-order valence-electron chi connectivity index (χ2n) is 2.26. The maximum atomic E-state index is 4.48. The summed E-state index contributed by atoms with van der Waals surface area (Å²) >= 11 is 4.48. The first-order valence-electron chi connectivity index (χ1n) is 1.91. The lowest BCUT2D eigenvalue weighted by Crippen LogP contribution is -2.14. The van der Waals surface area contributed by atoms with Crippen LogP contribution in [0.15, 0.2) is 4.03 Å². The summed E-state index contributed by atoms with van der Waals surface area (Å²) in [4.78, 5) is 0. The standard InChI is InChI=1S/C3H9NSSi/c1-6(2,3)4-5/h1-3H3. The maximum Gasteiger partial charge on any atom is 0.189 e. The van der Waals surface area contributed by atoms with Crippen molar-refractivity contribution < 1.29 is 0 Å². The number of hydrogen-bond donors (Lipinski definition) is 0. The zero-order chi connectivity index (χ0) is 5.21. The third-order valence-corrected chi connectivity index (χ3v) is 2.46. The highest BCUT2D eigenvalue weighted by Crippen LogP contribution is 1.98. The van der Waals surface area contributed by atoms with Crippen LogP contribution in [0.2, 0.25) is 19.6 Å². The Morgan fingerprint density at radius 3 is 1.50 bits per heavy atom. The molecule has 0 aromatic heterocycles. The van der Waals surface area contributed by atoms with E-state index in [1.807, 2.05) is 0 Å². The van der Waals surface area contributed by atoms with Crippen molar-refractivity contribution in [1.29, 1.82) is 0 Å². The molecule has 0 aliphatic heterocycles. The highest BCUT2D eigenvalue weighted by molar-refractivity contribution is 7.49. The molecule has 0 atom stereocenters. The van der Waals surface area contributed by atoms with Gasteiger partial charge in [-0.05, 0) is 19.6 Å². The second kappa shape index (κ2) is 1.79. The van der Waals surface area contributed by atoms with Crippen LogP contribution in [0.3, 0.4) is 0 Å². The normalized spacial score (nSPS) is 11.2. The van der Waals surface area contributed by atoms with Gasteiger partial charge in [-0.15, -0.1) is 0 Å². The Hall–Kier alpha value is 0.237. The van der Waals surface area contributed by atoms with Crippen molar-refractivity contribution in [3.8, 4) is 0 Å². The molecule has 0 saturated heterocycles. The molecule has 0 aromatic carbocycles. The molecule has 0 bridgehead atoms. The Kier molecular flexibility index (Phi) is 1.87. The van der Waals surface area contributed by atoms with Gasteiger partial charge in [0, 0.05) is 12.4 Å². The van der Waals surface area contributed by atoms with E-state index in [1.54, 1.807) is 0 Å². The first-order valence-corrected chi connectivity index (χ1v) is 5.72. The summed E-state index contributed by atoms with van der Waals surface area (Å²) in [5.74, 6) is 0. The lowest BCUT2D eigenvalue weighted by atomic mass is 11.8. The van der Waals surface area contributed by atoms with Crippen LogP contribution in [0.4, 0.5) is 0 Å². The number of nitrogens with zero attached hydrogens (tertiary/aromatic N) is 1. The Morgan fingerprint density at radius 2 is 1.50 bits per heavy atom. The van der Waals surface area contributed by atoms with E-state index < -0.39 is 8.24 Å². The van der Waals surface area contributed by atoms with Gasteiger partial charge in [0.2, 0.25) is 0 Å². The Balaban J connectivity index is 3.45. The van der Waals surface area contributed by atoms with E-state index in [2.05, 4.69) is 36.1 Å². The molecule has 3 heteroatoms. The summed E-state index contributed by atoms with van der Waals surface area (Å²) in [6, 6.07) is 0. The van der Waals surface area contributed by atoms with Gasteiger partial charge in [0.15, 0.2) is 8.24 Å². The highest BCUT2D eigenvalue weighted by Gasteiger charge is 2.08. The first-order chi connectivity index (χ1) is 2.56. The molecule has 0 aliphatic rings. The van der Waals surface area contributed by atoms with Gasteiger partial charge in [0.25, 0.3) is 0 Å². The van der Waals surface area contributed by atoms with Gasteiger partial charge in [-0.3, -0.25) is 4.03 Å². The Labute approximate surface area is 45.0 Å². The maximum absolute atomic E-state index is 4.48. The van der Waals surface area contributed by atoms with E-state index >= 15 is 0 Å². The zero-order valence-electron chi connectivity index (χ0n) is 4.36. The summed E-state index contributed by atoms with van der Waals surface area (Å²) in [7, 11) is -1.19. The molecule has 1 nitrogen and oxygen atoms in total. The van der Waals surface area contributed by atoms with Gasteiger partial charge in [0.05, 0.1) is 0 Å². The third-order valence-electron chi connectivity index (χ3n) is 0.274. The lowest BCUT2D eigenvalue weighted by Gasteiger charge is -2.01. The van der Waals surface area contributed by atoms with Gasteiger partial charge >= 0.3 is 0 Å². The molecule has 0 saturated carbocycles. The lowest BCUT2D eigenvalue weighted by molar-refractivity contribution is 1.61. The molecule has 0 heterocycles. The minimum absolute atomic E-state index is 1.19. The van der Waals surface area contributed by atoms with Crippen molar-refractivity contribution in [3.63, 3.8) is 0 Å². The fraction of sp³-hybridized carbons (Fsp3) is 1.00. The predicted octanol–water partition coefficient (Wildman–Crippen LogP) is 1.55. The molecule has 0 aromatic rings. The zero-order valence-corrected chi connectivity index (χ0v) is 6.17. The Morgan fingerprint density at radius 1 is 1.33 bits per heavy atom. The van der Waals surface area contributed by atoms with Gasteiger partial charge < -0.3 is 0 Å². The summed E-state index contributed by atoms with van der Waals surface area (Å²) in [5, 5.41) is 0. The molecule has 0 amide bonds. The van der Waals surface area contributed by atoms with Gasteiger partial charge in [-0.2, -0.15) is 0 Å². The minimum Gasteiger partial charge on any atom is -0.262 e. The number of rotatable bonds is 1. The summed E-state index contributed by atoms with van der Waals surface area (Å²) in [5.41, 5.74) is 0. The molecule has 0 fully saturated rings. The topological polar surface area (TPSA) is 12.4 Å². The average molecular weight is 119 g/mol. The van der Waals surface area contributed by atoms with Crippen LogP contribution in [0.25, 0.3) is 0 Å². The van der Waals surface area contributed by atoms with E-state index in [4.69, 9.17) is 0 Å². The van der Waals surface area contributed by atoms with Crippen molar-refractivity contribution in [2.45, 2.75) is 19.6 Å². The van der Waals surface area contributed by atoms with Crippen molar-refractivity contribution in [2.75, 3.05) is 0 Å². The van der Waals surface area contributed by atoms with Crippen molar-refractivity contribution >= 4 is 20.7 Å². The largest absolute Gasteiger partial charge is 0.262 e. The fourth-order valence-corrected chi connectivity index (χ4v) is 0. The van der Waals surface area contributed by atoms with Crippen molar-refractivity contribution in [2.24, 2.45) is 4.03 Å². The van der Waals surface area contributed by atoms with Crippen LogP contribution < -0.4 is 0 Å². The summed E-state index contributed by atoms with van der Waals surface area (Å²) in [6.07, 6.45) is 0. The van der Waals surface area contributed by atoms with Crippen LogP contribution in [0.1, 0.15) is 0 Å². The summed E-state index contributed by atoms with van der Waals surface area (Å²) < 4.78 is 3.74. The van der Waals surface area contributed by atoms with Crippen LogP contribution in [-0.4, -0.2) is 8.24 Å². The fourth-order valence-electron chi connectivity index (χ4n) is 0. The molecule has 0 rings (SSSR count). The van der Waals surface area contributed by atoms with Crippen molar-refractivity contribution in [3.05, 3.63) is 0 Å². The average Bonchev–Trinajstić information content (AvgIpc) is 1.35. The van der Waals surface area contributed by atoms with Gasteiger partial charge in [-0.1, -0.05) is 0 Å². The van der Waals surface area contributed by atoms with E-state index in [0.717, 1.165) is 0 Å². The van der Waals surface area contributed by atoms with Crippen LogP contribution in [-0.2, 0) is 12.4 Å². The van der Waals surface area contributed by atoms with Crippen LogP contribution in [0, 0.1) is 0 Å². The Bertz CT molecular complexity index is 56.3. The van der Waals surface area contributed by atoms with E-state index in [9.17, 15) is 0 Å². The molecule has 0 radical (unpaired) electrons. The highest BCUT2D eigenvalue weighted by atomic mass is 32.1. The molecule has 36 valence electrons. The molecule has 0 unspecified atom stereocenters. The molecule has 0 aliphatic carbocycles. The van der Waals surface area contributed by atoms with Gasteiger partial charge in [-0.25, -0.2) is 0 Å². The van der Waals surface area contributed by atoms with Crippen molar-refractivity contribution in [1.82, 2.24) is 0 Å². The van der Waals surface area contributed by atoms with E-state index in [0.29, 0.717) is 0 Å². The SMILES string of the molecule is C[Si](C)(C)N=S. The van der Waals surface area contributed by atoms with Crippen LogP contribution in [0.5, 0.6) is 0 Å². The molecular formula is C3H9NSSi. The van der Waals surface area contributed by atoms with Gasteiger partial charge in [0.1, 0.15) is 0 Å². The monoisotopic (exact) mass is 119 g/mol. The second-order valence-corrected chi connectivity index (χ2v) is 7.33. The molecule has 6 heavy (non-hydrogen) atoms. The van der Waals surface area contributed by atoms with Crippen LogP contribution >= 0.6 is 0 Å². The van der Waals surface area contributed by atoms with E-state index in [1.165, 1.54) is 0 Å². The smallest absolute Gasteiger partial charge is 0.189 e. The number of hydrogen-bond acceptors (Lipinski definition) is 2. The first kappa shape index (κ1) is 6.24. The molecular weight excluding hydrogens is 110 g/mol. The van der Waals surface area contributed by atoms with E-state index in [-0.39, 0.29) is 0 Å². The molecule has 0 spiro atoms. The predicted molar refractivity (Wildman–Crippen MR) is 33.1 cm³/mol. The minimum atomic E-state index is -1.19. The third kappa shape index (κ3) is 4.24. The quantitative estimate of drug-likeness (QED) is 0.477. The molecule has 0 N–H and O–H groups in total. The summed E-state index contributed by atoms with van der Waals surface area (Å²) in [6.45, 7) is 6.33.